The van der Waals surface area contributed by atoms with Crippen LogP contribution in [0.15, 0.2) is 113 Å². The predicted octanol–water partition coefficient (Wildman–Crippen LogP) is 9.21. The molecule has 3 nitrogen and oxygen atoms in total. The molecule has 4 aromatic carbocycles. The Bertz CT molecular complexity index is 1430. The molecule has 0 aromatic heterocycles. The van der Waals surface area contributed by atoms with Gasteiger partial charge in [0.1, 0.15) is 5.75 Å². The van der Waals surface area contributed by atoms with Crippen LogP contribution in [0, 0.1) is 0 Å². The van der Waals surface area contributed by atoms with E-state index in [-0.39, 0.29) is 0 Å². The van der Waals surface area contributed by atoms with E-state index in [0.29, 0.717) is 17.1 Å². The van der Waals surface area contributed by atoms with Gasteiger partial charge in [0, 0.05) is 15.1 Å². The number of carbonyl (C=O) groups is 1. The lowest BCUT2D eigenvalue weighted by Crippen LogP contribution is -2.22. The van der Waals surface area contributed by atoms with E-state index in [1.165, 1.54) is 19.1 Å². The number of hydrogen-bond donors (Lipinski definition) is 1. The quantitative estimate of drug-likeness (QED) is 0.191. The fraction of sp³-hybridized carbons (Fsp3) is 0.129. The number of aliphatic carboxylic acids is 1. The summed E-state index contributed by atoms with van der Waals surface area (Å²) < 4.78 is 45.1. The summed E-state index contributed by atoms with van der Waals surface area (Å²) in [6.07, 6.45) is -3.15. The van der Waals surface area contributed by atoms with Gasteiger partial charge in [0.15, 0.2) is 6.10 Å². The van der Waals surface area contributed by atoms with Gasteiger partial charge >= 0.3 is 12.1 Å². The second-order valence-corrected chi connectivity index (χ2v) is 10.7. The minimum absolute atomic E-state index is 0.494. The summed E-state index contributed by atoms with van der Waals surface area (Å²) in [5, 5.41) is 9.00. The number of thioether (sulfide) groups is 1. The van der Waals surface area contributed by atoms with E-state index in [0.717, 1.165) is 43.8 Å². The zero-order valence-electron chi connectivity index (χ0n) is 20.8. The topological polar surface area (TPSA) is 46.5 Å². The van der Waals surface area contributed by atoms with Crippen molar-refractivity contribution in [3.63, 3.8) is 0 Å². The second-order valence-electron chi connectivity index (χ2n) is 8.66. The lowest BCUT2D eigenvalue weighted by atomic mass is 9.95. The van der Waals surface area contributed by atoms with Crippen LogP contribution in [0.2, 0.25) is 0 Å². The molecule has 0 heterocycles. The molecule has 0 aliphatic rings. The van der Waals surface area contributed by atoms with Crippen LogP contribution in [0.5, 0.6) is 5.75 Å². The standard InChI is InChI=1S/C31H24BrF3O3S/c1-20(30(36)37)38-27-14-16-28(17-15-27)39-19-18-29(24-8-12-26(32)13-9-24)23-4-2-21(3-5-23)22-6-10-25(11-7-22)31(33,34)35/h2-18,20H,19H2,1H3,(H,36,37). The number of carboxylic acid groups (broad SMARTS) is 1. The Hall–Kier alpha value is -3.49. The Morgan fingerprint density at radius 3 is 1.90 bits per heavy atom. The highest BCUT2D eigenvalue weighted by Crippen LogP contribution is 2.32. The van der Waals surface area contributed by atoms with E-state index in [1.807, 2.05) is 60.7 Å². The van der Waals surface area contributed by atoms with E-state index in [9.17, 15) is 18.0 Å². The van der Waals surface area contributed by atoms with E-state index >= 15 is 0 Å². The molecule has 0 radical (unpaired) electrons. The van der Waals surface area contributed by atoms with Crippen LogP contribution in [0.25, 0.3) is 16.7 Å². The lowest BCUT2D eigenvalue weighted by Gasteiger charge is -2.12. The minimum Gasteiger partial charge on any atom is -0.479 e. The molecule has 39 heavy (non-hydrogen) atoms. The zero-order valence-corrected chi connectivity index (χ0v) is 23.2. The Morgan fingerprint density at radius 2 is 1.38 bits per heavy atom. The highest BCUT2D eigenvalue weighted by Gasteiger charge is 2.29. The number of carboxylic acids is 1. The normalized spacial score (nSPS) is 12.7. The molecule has 0 bridgehead atoms. The van der Waals surface area contributed by atoms with Gasteiger partial charge in [0.2, 0.25) is 0 Å². The second kappa shape index (κ2) is 12.6. The first-order valence-corrected chi connectivity index (χ1v) is 13.7. The lowest BCUT2D eigenvalue weighted by molar-refractivity contribution is -0.144. The number of hydrogen-bond acceptors (Lipinski definition) is 3. The van der Waals surface area contributed by atoms with Crippen LogP contribution in [0.4, 0.5) is 13.2 Å². The molecule has 200 valence electrons. The van der Waals surface area contributed by atoms with E-state index in [1.54, 1.807) is 23.9 Å². The third-order valence-electron chi connectivity index (χ3n) is 5.92. The minimum atomic E-state index is -4.36. The molecule has 1 N–H and O–H groups in total. The SMILES string of the molecule is CC(Oc1ccc(SCC=C(c2ccc(Br)cc2)c2ccc(-c3ccc(C(F)(F)F)cc3)cc2)cc1)C(=O)O. The van der Waals surface area contributed by atoms with Gasteiger partial charge in [-0.05, 0) is 83.3 Å². The molecule has 0 spiro atoms. The van der Waals surface area contributed by atoms with Crippen molar-refractivity contribution in [2.24, 2.45) is 0 Å². The summed E-state index contributed by atoms with van der Waals surface area (Å²) in [5.74, 6) is 0.151. The van der Waals surface area contributed by atoms with Crippen LogP contribution >= 0.6 is 27.7 Å². The van der Waals surface area contributed by atoms with Crippen molar-refractivity contribution in [3.05, 3.63) is 124 Å². The molecular formula is C31H24BrF3O3S. The molecule has 0 fully saturated rings. The average Bonchev–Trinajstić information content (AvgIpc) is 2.92. The summed E-state index contributed by atoms with van der Waals surface area (Å²) in [4.78, 5) is 12.0. The molecule has 4 aromatic rings. The summed E-state index contributed by atoms with van der Waals surface area (Å²) in [5.41, 5.74) is 3.93. The molecule has 0 amide bonds. The van der Waals surface area contributed by atoms with Crippen molar-refractivity contribution in [1.29, 1.82) is 0 Å². The highest BCUT2D eigenvalue weighted by atomic mass is 79.9. The van der Waals surface area contributed by atoms with E-state index in [2.05, 4.69) is 22.0 Å². The molecule has 1 atom stereocenters. The average molecular weight is 613 g/mol. The number of alkyl halides is 3. The highest BCUT2D eigenvalue weighted by molar-refractivity contribution is 9.10. The number of halogens is 4. The Balaban J connectivity index is 1.52. The first-order chi connectivity index (χ1) is 18.6. The summed E-state index contributed by atoms with van der Waals surface area (Å²) in [7, 11) is 0. The molecule has 0 aliphatic carbocycles. The number of benzene rings is 4. The molecule has 0 saturated carbocycles. The monoisotopic (exact) mass is 612 g/mol. The first kappa shape index (κ1) is 28.5. The maximum atomic E-state index is 12.9. The first-order valence-electron chi connectivity index (χ1n) is 12.0. The van der Waals surface area contributed by atoms with Crippen molar-refractivity contribution in [2.45, 2.75) is 24.1 Å². The molecule has 0 saturated heterocycles. The number of ether oxygens (including phenoxy) is 1. The van der Waals surface area contributed by atoms with Crippen LogP contribution in [0.3, 0.4) is 0 Å². The molecular weight excluding hydrogens is 589 g/mol. The third kappa shape index (κ3) is 7.77. The Morgan fingerprint density at radius 1 is 0.872 bits per heavy atom. The van der Waals surface area contributed by atoms with Gasteiger partial charge in [-0.3, -0.25) is 0 Å². The number of rotatable bonds is 9. The van der Waals surface area contributed by atoms with Crippen LogP contribution in [-0.2, 0) is 11.0 Å². The Labute approximate surface area is 237 Å². The summed E-state index contributed by atoms with van der Waals surface area (Å²) >= 11 is 5.11. The predicted molar refractivity (Wildman–Crippen MR) is 153 cm³/mol. The van der Waals surface area contributed by atoms with Gasteiger partial charge in [-0.2, -0.15) is 13.2 Å². The summed E-state index contributed by atoms with van der Waals surface area (Å²) in [6, 6.07) is 28.2. The van der Waals surface area contributed by atoms with Crippen LogP contribution < -0.4 is 4.74 Å². The van der Waals surface area contributed by atoms with Gasteiger partial charge in [0.25, 0.3) is 0 Å². The van der Waals surface area contributed by atoms with Gasteiger partial charge < -0.3 is 9.84 Å². The van der Waals surface area contributed by atoms with Gasteiger partial charge in [-0.1, -0.05) is 70.5 Å². The molecule has 0 aliphatic heterocycles. The fourth-order valence-electron chi connectivity index (χ4n) is 3.82. The summed E-state index contributed by atoms with van der Waals surface area (Å²) in [6.45, 7) is 1.48. The van der Waals surface area contributed by atoms with Crippen molar-refractivity contribution in [2.75, 3.05) is 5.75 Å². The Kier molecular flexibility index (Phi) is 9.20. The maximum Gasteiger partial charge on any atom is 0.416 e. The zero-order chi connectivity index (χ0) is 28.0. The van der Waals surface area contributed by atoms with Crippen LogP contribution in [0.1, 0.15) is 23.6 Å². The van der Waals surface area contributed by atoms with E-state index < -0.39 is 23.8 Å². The van der Waals surface area contributed by atoms with Gasteiger partial charge in [-0.25, -0.2) is 4.79 Å². The largest absolute Gasteiger partial charge is 0.479 e. The van der Waals surface area contributed by atoms with Crippen molar-refractivity contribution in [3.8, 4) is 16.9 Å². The van der Waals surface area contributed by atoms with Crippen molar-refractivity contribution < 1.29 is 27.8 Å². The van der Waals surface area contributed by atoms with E-state index in [4.69, 9.17) is 9.84 Å². The van der Waals surface area contributed by atoms with Gasteiger partial charge in [-0.15, -0.1) is 11.8 Å². The van der Waals surface area contributed by atoms with Crippen molar-refractivity contribution in [1.82, 2.24) is 0 Å². The molecule has 4 rings (SSSR count). The molecule has 8 heteroatoms. The smallest absolute Gasteiger partial charge is 0.416 e. The maximum absolute atomic E-state index is 12.9. The van der Waals surface area contributed by atoms with Gasteiger partial charge in [0.05, 0.1) is 5.56 Å². The van der Waals surface area contributed by atoms with Crippen LogP contribution in [-0.4, -0.2) is 22.9 Å². The molecule has 1 unspecified atom stereocenters. The third-order valence-corrected chi connectivity index (χ3v) is 7.39. The van der Waals surface area contributed by atoms with Crippen molar-refractivity contribution >= 4 is 39.2 Å². The fourth-order valence-corrected chi connectivity index (χ4v) is 4.85.